The standard InChI is InChI=1S/2BrH.Cu.5H3O3PS/c;;;5*1-4(2,3)5/h2*1H;;5*(H3,1,2,3,5)/q;;+2;;;;;/p-2. The fourth-order valence-corrected chi connectivity index (χ4v) is 0. The molecule has 0 aromatic carbocycles. The van der Waals surface area contributed by atoms with Crippen LogP contribution in [0.3, 0.4) is 0 Å². The second-order valence-corrected chi connectivity index (χ2v) is 19.8. The van der Waals surface area contributed by atoms with Crippen LogP contribution in [-0.4, -0.2) is 73.4 Å². The zero-order chi connectivity index (χ0) is 25.2. The van der Waals surface area contributed by atoms with Gasteiger partial charge in [0.1, 0.15) is 0 Å². The van der Waals surface area contributed by atoms with Crippen LogP contribution in [0.5, 0.6) is 0 Å². The van der Waals surface area contributed by atoms with Crippen molar-refractivity contribution in [2.45, 2.75) is 0 Å². The van der Waals surface area contributed by atoms with Crippen LogP contribution in [0.25, 0.3) is 0 Å². The van der Waals surface area contributed by atoms with E-state index in [4.69, 9.17) is 73.4 Å². The second-order valence-electron chi connectivity index (χ2n) is 2.61. The molecule has 0 spiro atoms. The van der Waals surface area contributed by atoms with E-state index in [1.165, 1.54) is 11.3 Å². The van der Waals surface area contributed by atoms with Crippen molar-refractivity contribution in [3.63, 3.8) is 0 Å². The molecule has 0 aromatic heterocycles. The van der Waals surface area contributed by atoms with E-state index in [1.54, 1.807) is 0 Å². The van der Waals surface area contributed by atoms with E-state index in [0.717, 1.165) is 0 Å². The first-order chi connectivity index (χ1) is 11.4. The predicted octanol–water partition coefficient (Wildman–Crippen LogP) is -2.37. The first-order valence-electron chi connectivity index (χ1n) is 4.14. The van der Waals surface area contributed by atoms with E-state index in [9.17, 15) is 0 Å². The molecule has 0 aliphatic rings. The molecule has 0 bridgehead atoms. The first kappa shape index (κ1) is 45.6. The average molecular weight is 794 g/mol. The molecule has 28 heavy (non-hydrogen) atoms. The van der Waals surface area contributed by atoms with Crippen molar-refractivity contribution in [2.75, 3.05) is 0 Å². The third-order valence-electron chi connectivity index (χ3n) is 0. The Labute approximate surface area is 203 Å². The quantitative estimate of drug-likeness (QED) is 0.0900. The van der Waals surface area contributed by atoms with Crippen molar-refractivity contribution in [2.24, 2.45) is 0 Å². The van der Waals surface area contributed by atoms with Gasteiger partial charge in [0, 0.05) is 0 Å². The molecular formula is H15Br2CuO15P5S5. The summed E-state index contributed by atoms with van der Waals surface area (Å²) in [5.74, 6) is 0. The number of rotatable bonds is 0. The maximum absolute atomic E-state index is 7.56. The molecule has 0 amide bonds. The molecule has 0 saturated heterocycles. The van der Waals surface area contributed by atoms with Crippen LogP contribution in [0.4, 0.5) is 0 Å². The molecule has 15 nitrogen and oxygen atoms in total. The van der Waals surface area contributed by atoms with Gasteiger partial charge in [0.2, 0.25) is 0 Å². The monoisotopic (exact) mass is 791 g/mol. The molecule has 28 heteroatoms. The minimum absolute atomic E-state index is 1.44. The SMILES string of the molecule is OP(O)(O)=S.OP(O)(O)=S.OP(O)(O)=S.OP(O)(O)=S.OP(O)(O)=S.[Br][Cu][Br]. The van der Waals surface area contributed by atoms with E-state index < -0.39 is 33.6 Å². The Morgan fingerprint density at radius 3 is 0.357 bits per heavy atom. The topological polar surface area (TPSA) is 303 Å². The van der Waals surface area contributed by atoms with Crippen LogP contribution in [0.1, 0.15) is 0 Å². The van der Waals surface area contributed by atoms with Crippen molar-refractivity contribution in [3.8, 4) is 0 Å². The normalized spacial score (nSPS) is 11.3. The van der Waals surface area contributed by atoms with E-state index in [-0.39, 0.29) is 0 Å². The minimum atomic E-state index is -3.81. The van der Waals surface area contributed by atoms with Crippen LogP contribution in [0, 0.1) is 0 Å². The van der Waals surface area contributed by atoms with Gasteiger partial charge in [-0.2, -0.15) is 0 Å². The molecule has 0 saturated carbocycles. The summed E-state index contributed by atoms with van der Waals surface area (Å²) in [6.45, 7) is -19.0. The molecule has 0 fully saturated rings. The molecular weight excluding hydrogens is 779 g/mol. The molecule has 185 valence electrons. The van der Waals surface area contributed by atoms with Crippen LogP contribution in [-0.2, 0) is 70.4 Å². The third-order valence-corrected chi connectivity index (χ3v) is 0. The van der Waals surface area contributed by atoms with Crippen molar-refractivity contribution in [1.29, 1.82) is 0 Å². The Morgan fingerprint density at radius 1 is 0.357 bits per heavy atom. The molecule has 15 N–H and O–H groups in total. The van der Waals surface area contributed by atoms with Crippen molar-refractivity contribution in [1.82, 2.24) is 0 Å². The first-order valence-corrected chi connectivity index (χ1v) is 22.1. The van der Waals surface area contributed by atoms with Gasteiger partial charge in [-0.25, -0.2) is 0 Å². The van der Waals surface area contributed by atoms with Crippen LogP contribution >= 0.6 is 61.8 Å². The molecule has 0 heterocycles. The Hall–Kier alpha value is 4.13. The summed E-state index contributed by atoms with van der Waals surface area (Å²) in [6, 6.07) is 0. The van der Waals surface area contributed by atoms with Crippen molar-refractivity contribution >= 4 is 121 Å². The Bertz CT molecular complexity index is 412. The van der Waals surface area contributed by atoms with Gasteiger partial charge in [-0.15, -0.1) is 0 Å². The summed E-state index contributed by atoms with van der Waals surface area (Å²) in [7, 11) is 0. The van der Waals surface area contributed by atoms with E-state index in [0.29, 0.717) is 0 Å². The van der Waals surface area contributed by atoms with E-state index >= 15 is 0 Å². The zero-order valence-electron chi connectivity index (χ0n) is 12.0. The van der Waals surface area contributed by atoms with Gasteiger partial charge in [-0.1, -0.05) is 0 Å². The summed E-state index contributed by atoms with van der Waals surface area (Å²) < 4.78 is 0. The van der Waals surface area contributed by atoms with Gasteiger partial charge in [-0.3, -0.25) is 0 Å². The van der Waals surface area contributed by atoms with Gasteiger partial charge in [0.15, 0.2) is 0 Å². The van der Waals surface area contributed by atoms with Gasteiger partial charge in [0.05, 0.1) is 0 Å². The summed E-state index contributed by atoms with van der Waals surface area (Å²) in [6.07, 6.45) is 0. The van der Waals surface area contributed by atoms with Gasteiger partial charge in [0.25, 0.3) is 0 Å². The van der Waals surface area contributed by atoms with Crippen LogP contribution in [0.2, 0.25) is 0 Å². The molecule has 0 unspecified atom stereocenters. The number of hydrogen-bond donors (Lipinski definition) is 15. The fourth-order valence-electron chi connectivity index (χ4n) is 0. The second kappa shape index (κ2) is 22.9. The summed E-state index contributed by atoms with van der Waals surface area (Å²) in [4.78, 5) is 113. The molecule has 0 aliphatic heterocycles. The van der Waals surface area contributed by atoms with Crippen molar-refractivity contribution in [3.05, 3.63) is 0 Å². The summed E-state index contributed by atoms with van der Waals surface area (Å²) in [5.41, 5.74) is 0. The molecule has 0 rings (SSSR count). The maximum atomic E-state index is 7.56. The summed E-state index contributed by atoms with van der Waals surface area (Å²) in [5, 5.41) is 0. The van der Waals surface area contributed by atoms with E-state index in [2.05, 4.69) is 87.3 Å². The van der Waals surface area contributed by atoms with Crippen LogP contribution in [0.15, 0.2) is 0 Å². The van der Waals surface area contributed by atoms with Gasteiger partial charge >= 0.3 is 73.2 Å². The number of hydrogen-bond acceptors (Lipinski definition) is 5. The molecule has 0 aliphatic carbocycles. The third kappa shape index (κ3) is 1500. The average Bonchev–Trinajstić information content (AvgIpc) is 2.00. The number of halogens is 2. The predicted molar refractivity (Wildman–Crippen MR) is 123 cm³/mol. The molecule has 0 radical (unpaired) electrons. The Morgan fingerprint density at radius 2 is 0.357 bits per heavy atom. The Kier molecular flexibility index (Phi) is 37.3. The van der Waals surface area contributed by atoms with E-state index in [1.807, 2.05) is 0 Å². The van der Waals surface area contributed by atoms with Gasteiger partial charge in [-0.05, 0) is 59.0 Å². The van der Waals surface area contributed by atoms with Crippen molar-refractivity contribution < 1.29 is 84.7 Å². The summed E-state index contributed by atoms with van der Waals surface area (Å²) >= 11 is 25.4. The van der Waals surface area contributed by atoms with Crippen LogP contribution < -0.4 is 0 Å². The fraction of sp³-hybridized carbons (Fsp3) is 0. The molecule has 0 atom stereocenters. The molecule has 0 aromatic rings. The Balaban J connectivity index is -0.0000000522. The van der Waals surface area contributed by atoms with Gasteiger partial charge < -0.3 is 73.4 Å². The zero-order valence-corrected chi connectivity index (χ0v) is 24.7.